The van der Waals surface area contributed by atoms with Gasteiger partial charge in [0.2, 0.25) is 10.0 Å². The number of ketones is 1. The topological polar surface area (TPSA) is 72.5 Å². The van der Waals surface area contributed by atoms with Gasteiger partial charge in [0.25, 0.3) is 0 Å². The summed E-state index contributed by atoms with van der Waals surface area (Å²) in [6.45, 7) is 5.15. The van der Waals surface area contributed by atoms with Gasteiger partial charge in [-0.3, -0.25) is 4.79 Å². The standard InChI is InChI=1S/C18H18FNO4S/c1-3-8-24-15-10-13(2)9-14(11-15)17(21)12-20-25(22,23)18-7-5-4-6-16(18)19/h3-7,9-11,20H,1,8,12H2,2H3. The fourth-order valence-electron chi connectivity index (χ4n) is 2.15. The van der Waals surface area contributed by atoms with Gasteiger partial charge < -0.3 is 4.74 Å². The van der Waals surface area contributed by atoms with Gasteiger partial charge in [-0.05, 0) is 42.8 Å². The van der Waals surface area contributed by atoms with Crippen molar-refractivity contribution < 1.29 is 22.3 Å². The van der Waals surface area contributed by atoms with Gasteiger partial charge >= 0.3 is 0 Å². The zero-order valence-electron chi connectivity index (χ0n) is 13.7. The van der Waals surface area contributed by atoms with E-state index in [2.05, 4.69) is 11.3 Å². The van der Waals surface area contributed by atoms with Crippen LogP contribution in [-0.4, -0.2) is 27.4 Å². The summed E-state index contributed by atoms with van der Waals surface area (Å²) in [4.78, 5) is 11.8. The van der Waals surface area contributed by atoms with Crippen molar-refractivity contribution in [3.63, 3.8) is 0 Å². The number of rotatable bonds is 8. The summed E-state index contributed by atoms with van der Waals surface area (Å²) in [6.07, 6.45) is 1.58. The molecule has 0 aliphatic rings. The molecule has 0 saturated carbocycles. The minimum absolute atomic E-state index is 0.289. The van der Waals surface area contributed by atoms with Crippen LogP contribution in [0.4, 0.5) is 4.39 Å². The predicted molar refractivity (Wildman–Crippen MR) is 92.8 cm³/mol. The highest BCUT2D eigenvalue weighted by Crippen LogP contribution is 2.18. The van der Waals surface area contributed by atoms with E-state index in [4.69, 9.17) is 4.74 Å². The normalized spacial score (nSPS) is 11.1. The van der Waals surface area contributed by atoms with Gasteiger partial charge in [-0.15, -0.1) is 0 Å². The molecule has 0 radical (unpaired) electrons. The number of aryl methyl sites for hydroxylation is 1. The quantitative estimate of drug-likeness (QED) is 0.578. The summed E-state index contributed by atoms with van der Waals surface area (Å²) in [6, 6.07) is 9.87. The monoisotopic (exact) mass is 363 g/mol. The predicted octanol–water partition coefficient (Wildman–Crippen LogP) is 2.86. The molecule has 0 spiro atoms. The van der Waals surface area contributed by atoms with Crippen molar-refractivity contribution in [1.29, 1.82) is 0 Å². The Morgan fingerprint density at radius 2 is 2.00 bits per heavy atom. The van der Waals surface area contributed by atoms with E-state index in [0.717, 1.165) is 17.7 Å². The summed E-state index contributed by atoms with van der Waals surface area (Å²) in [5.41, 5.74) is 1.09. The number of halogens is 1. The van der Waals surface area contributed by atoms with Crippen molar-refractivity contribution in [2.24, 2.45) is 0 Å². The van der Waals surface area contributed by atoms with Crippen LogP contribution in [0.25, 0.3) is 0 Å². The summed E-state index contributed by atoms with van der Waals surface area (Å²) < 4.78 is 45.4. The number of sulfonamides is 1. The highest BCUT2D eigenvalue weighted by molar-refractivity contribution is 7.89. The van der Waals surface area contributed by atoms with Gasteiger partial charge in [0.1, 0.15) is 23.1 Å². The maximum Gasteiger partial charge on any atom is 0.243 e. The smallest absolute Gasteiger partial charge is 0.243 e. The summed E-state index contributed by atoms with van der Waals surface area (Å²) in [7, 11) is -4.12. The maximum absolute atomic E-state index is 13.6. The Morgan fingerprint density at radius 1 is 1.28 bits per heavy atom. The molecule has 0 aliphatic heterocycles. The van der Waals surface area contributed by atoms with E-state index >= 15 is 0 Å². The third-order valence-corrected chi connectivity index (χ3v) is 4.72. The average Bonchev–Trinajstić information content (AvgIpc) is 2.57. The molecule has 0 unspecified atom stereocenters. The molecule has 132 valence electrons. The summed E-state index contributed by atoms with van der Waals surface area (Å²) in [5, 5.41) is 0. The highest BCUT2D eigenvalue weighted by atomic mass is 32.2. The Hall–Kier alpha value is -2.51. The molecule has 0 atom stereocenters. The van der Waals surface area contributed by atoms with Crippen LogP contribution in [0.2, 0.25) is 0 Å². The van der Waals surface area contributed by atoms with Crippen molar-refractivity contribution >= 4 is 15.8 Å². The molecule has 7 heteroatoms. The van der Waals surface area contributed by atoms with Crippen LogP contribution in [-0.2, 0) is 10.0 Å². The SMILES string of the molecule is C=CCOc1cc(C)cc(C(=O)CNS(=O)(=O)c2ccccc2F)c1. The molecule has 25 heavy (non-hydrogen) atoms. The van der Waals surface area contributed by atoms with Crippen LogP contribution in [0.15, 0.2) is 60.0 Å². The van der Waals surface area contributed by atoms with Gasteiger partial charge in [0.05, 0.1) is 6.54 Å². The number of carbonyl (C=O) groups excluding carboxylic acids is 1. The van der Waals surface area contributed by atoms with Crippen molar-refractivity contribution in [2.45, 2.75) is 11.8 Å². The lowest BCUT2D eigenvalue weighted by atomic mass is 10.1. The summed E-state index contributed by atoms with van der Waals surface area (Å²) in [5.74, 6) is -0.842. The van der Waals surface area contributed by atoms with E-state index in [9.17, 15) is 17.6 Å². The molecule has 0 heterocycles. The molecule has 2 aromatic rings. The van der Waals surface area contributed by atoms with E-state index in [1.54, 1.807) is 25.1 Å². The van der Waals surface area contributed by atoms with Crippen molar-refractivity contribution in [3.05, 3.63) is 72.1 Å². The third kappa shape index (κ3) is 4.98. The van der Waals surface area contributed by atoms with E-state index < -0.39 is 33.1 Å². The number of carbonyl (C=O) groups is 1. The van der Waals surface area contributed by atoms with Gasteiger partial charge in [-0.1, -0.05) is 24.8 Å². The van der Waals surface area contributed by atoms with Crippen molar-refractivity contribution in [3.8, 4) is 5.75 Å². The minimum atomic E-state index is -4.12. The van der Waals surface area contributed by atoms with E-state index in [1.165, 1.54) is 18.2 Å². The zero-order chi connectivity index (χ0) is 18.4. The number of benzene rings is 2. The largest absolute Gasteiger partial charge is 0.490 e. The second-order valence-corrected chi connectivity index (χ2v) is 7.05. The lowest BCUT2D eigenvalue weighted by Gasteiger charge is -2.09. The van der Waals surface area contributed by atoms with Crippen LogP contribution < -0.4 is 9.46 Å². The van der Waals surface area contributed by atoms with E-state index in [-0.39, 0.29) is 6.61 Å². The number of nitrogens with one attached hydrogen (secondary N) is 1. The molecule has 0 amide bonds. The summed E-state index contributed by atoms with van der Waals surface area (Å²) >= 11 is 0. The van der Waals surface area contributed by atoms with Crippen LogP contribution in [0.3, 0.4) is 0 Å². The zero-order valence-corrected chi connectivity index (χ0v) is 14.5. The van der Waals surface area contributed by atoms with Gasteiger partial charge in [0, 0.05) is 5.56 Å². The fourth-order valence-corrected chi connectivity index (χ4v) is 3.21. The molecular formula is C18H18FNO4S. The van der Waals surface area contributed by atoms with Gasteiger partial charge in [-0.25, -0.2) is 17.5 Å². The van der Waals surface area contributed by atoms with Crippen LogP contribution in [0.1, 0.15) is 15.9 Å². The minimum Gasteiger partial charge on any atom is -0.490 e. The molecule has 0 saturated heterocycles. The van der Waals surface area contributed by atoms with Crippen molar-refractivity contribution in [2.75, 3.05) is 13.2 Å². The Labute approximate surface area is 146 Å². The van der Waals surface area contributed by atoms with E-state index in [1.807, 2.05) is 0 Å². The second kappa shape index (κ2) is 8.04. The second-order valence-electron chi connectivity index (χ2n) is 5.31. The van der Waals surface area contributed by atoms with Crippen LogP contribution in [0, 0.1) is 12.7 Å². The number of Topliss-reactive ketones (excluding diaryl/α,β-unsaturated/α-hetero) is 1. The first-order chi connectivity index (χ1) is 11.8. The highest BCUT2D eigenvalue weighted by Gasteiger charge is 2.20. The maximum atomic E-state index is 13.6. The molecule has 2 aromatic carbocycles. The van der Waals surface area contributed by atoms with Gasteiger partial charge in [0.15, 0.2) is 5.78 Å². The van der Waals surface area contributed by atoms with E-state index in [0.29, 0.717) is 11.3 Å². The third-order valence-electron chi connectivity index (χ3n) is 3.29. The molecular weight excluding hydrogens is 345 g/mol. The Balaban J connectivity index is 2.13. The Kier molecular flexibility index (Phi) is 6.06. The fraction of sp³-hybridized carbons (Fsp3) is 0.167. The molecule has 1 N–H and O–H groups in total. The lowest BCUT2D eigenvalue weighted by Crippen LogP contribution is -2.30. The van der Waals surface area contributed by atoms with Crippen molar-refractivity contribution in [1.82, 2.24) is 4.72 Å². The van der Waals surface area contributed by atoms with Crippen LogP contribution in [0.5, 0.6) is 5.75 Å². The average molecular weight is 363 g/mol. The molecule has 0 aliphatic carbocycles. The number of ether oxygens (including phenoxy) is 1. The Morgan fingerprint density at radius 3 is 2.68 bits per heavy atom. The molecule has 5 nitrogen and oxygen atoms in total. The first kappa shape index (κ1) is 18.8. The molecule has 2 rings (SSSR count). The molecule has 0 fully saturated rings. The van der Waals surface area contributed by atoms with Crippen LogP contribution >= 0.6 is 0 Å². The Bertz CT molecular complexity index is 894. The molecule has 0 bridgehead atoms. The number of hydrogen-bond acceptors (Lipinski definition) is 4. The molecule has 0 aromatic heterocycles. The first-order valence-electron chi connectivity index (χ1n) is 7.46. The number of hydrogen-bond donors (Lipinski definition) is 1. The lowest BCUT2D eigenvalue weighted by molar-refractivity contribution is 0.0996. The van der Waals surface area contributed by atoms with Gasteiger partial charge in [-0.2, -0.15) is 0 Å². The first-order valence-corrected chi connectivity index (χ1v) is 8.94.